The molecule has 0 aliphatic carbocycles. The lowest BCUT2D eigenvalue weighted by Crippen LogP contribution is -2.37. The van der Waals surface area contributed by atoms with Crippen LogP contribution in [0.15, 0.2) is 60.8 Å². The number of carbonyl (C=O) groups excluding carboxylic acids is 2. The van der Waals surface area contributed by atoms with E-state index in [0.717, 1.165) is 11.3 Å². The molecule has 3 aromatic rings. The minimum atomic E-state index is -0.727. The highest BCUT2D eigenvalue weighted by Gasteiger charge is 2.44. The van der Waals surface area contributed by atoms with Gasteiger partial charge in [-0.1, -0.05) is 29.8 Å². The van der Waals surface area contributed by atoms with Crippen molar-refractivity contribution in [1.82, 2.24) is 14.7 Å². The number of nitrogens with one attached hydrogen (secondary N) is 1. The zero-order valence-corrected chi connectivity index (χ0v) is 19.2. The third-order valence-corrected chi connectivity index (χ3v) is 6.19. The molecule has 1 aliphatic heterocycles. The second kappa shape index (κ2) is 9.10. The van der Waals surface area contributed by atoms with E-state index >= 15 is 0 Å². The fraction of sp³-hybridized carbons (Fsp3) is 0.217. The summed E-state index contributed by atoms with van der Waals surface area (Å²) in [6, 6.07) is 15.3. The van der Waals surface area contributed by atoms with Crippen LogP contribution in [0.25, 0.3) is 0 Å². The van der Waals surface area contributed by atoms with Crippen LogP contribution < -0.4 is 10.2 Å². The van der Waals surface area contributed by atoms with Gasteiger partial charge >= 0.3 is 0 Å². The third kappa shape index (κ3) is 4.37. The maximum Gasteiger partial charge on any atom is 0.256 e. The van der Waals surface area contributed by atoms with Gasteiger partial charge in [0.25, 0.3) is 5.91 Å². The molecule has 2 heterocycles. The number of amides is 2. The van der Waals surface area contributed by atoms with Gasteiger partial charge in [0.2, 0.25) is 5.91 Å². The van der Waals surface area contributed by atoms with E-state index in [1.54, 1.807) is 40.0 Å². The molecule has 0 saturated carbocycles. The van der Waals surface area contributed by atoms with Crippen LogP contribution in [0.4, 0.5) is 11.4 Å². The first-order valence-electron chi connectivity index (χ1n) is 10.1. The van der Waals surface area contributed by atoms with E-state index in [4.69, 9.17) is 23.8 Å². The molecular weight excluding hydrogens is 446 g/mol. The summed E-state index contributed by atoms with van der Waals surface area (Å²) in [5.74, 6) is -0.509. The summed E-state index contributed by atoms with van der Waals surface area (Å²) in [6.07, 6.45) is 1.72. The molecule has 2 amide bonds. The molecule has 1 atom stereocenters. The summed E-state index contributed by atoms with van der Waals surface area (Å²) in [4.78, 5) is 29.5. The molecule has 32 heavy (non-hydrogen) atoms. The van der Waals surface area contributed by atoms with E-state index in [0.29, 0.717) is 28.1 Å². The van der Waals surface area contributed by atoms with Crippen molar-refractivity contribution in [2.45, 2.75) is 25.9 Å². The molecule has 1 fully saturated rings. The maximum absolute atomic E-state index is 13.4. The minimum absolute atomic E-state index is 0.0375. The van der Waals surface area contributed by atoms with Gasteiger partial charge in [0.1, 0.15) is 6.04 Å². The van der Waals surface area contributed by atoms with Crippen LogP contribution in [0, 0.1) is 6.92 Å². The van der Waals surface area contributed by atoms with Crippen molar-refractivity contribution in [2.75, 3.05) is 10.2 Å². The Hall–Kier alpha value is -3.23. The van der Waals surface area contributed by atoms with E-state index in [-0.39, 0.29) is 18.2 Å². The van der Waals surface area contributed by atoms with Crippen LogP contribution in [-0.2, 0) is 23.2 Å². The largest absolute Gasteiger partial charge is 0.331 e. The Morgan fingerprint density at radius 3 is 2.47 bits per heavy atom. The Labute approximate surface area is 196 Å². The van der Waals surface area contributed by atoms with Crippen LogP contribution in [0.5, 0.6) is 0 Å². The lowest BCUT2D eigenvalue weighted by Gasteiger charge is -2.23. The molecule has 0 bridgehead atoms. The Morgan fingerprint density at radius 1 is 1.16 bits per heavy atom. The number of hydrogen-bond donors (Lipinski definition) is 1. The number of halogens is 1. The Balaban J connectivity index is 1.60. The van der Waals surface area contributed by atoms with E-state index in [1.807, 2.05) is 44.3 Å². The predicted octanol–water partition coefficient (Wildman–Crippen LogP) is 3.91. The molecule has 7 nitrogen and oxygen atoms in total. The molecule has 0 spiro atoms. The number of nitrogens with zero attached hydrogens (tertiary/aromatic N) is 4. The van der Waals surface area contributed by atoms with E-state index in [2.05, 4.69) is 10.4 Å². The molecule has 4 rings (SSSR count). The summed E-state index contributed by atoms with van der Waals surface area (Å²) in [5, 5.41) is 8.07. The summed E-state index contributed by atoms with van der Waals surface area (Å²) in [7, 11) is 1.86. The predicted molar refractivity (Wildman–Crippen MR) is 129 cm³/mol. The summed E-state index contributed by atoms with van der Waals surface area (Å²) < 4.78 is 1.77. The normalized spacial score (nSPS) is 16.0. The molecule has 0 radical (unpaired) electrons. The second-order valence-electron chi connectivity index (χ2n) is 7.57. The fourth-order valence-electron chi connectivity index (χ4n) is 3.63. The van der Waals surface area contributed by atoms with Crippen LogP contribution in [0.1, 0.15) is 17.7 Å². The molecule has 1 aromatic heterocycles. The first kappa shape index (κ1) is 22.0. The van der Waals surface area contributed by atoms with Gasteiger partial charge in [-0.2, -0.15) is 5.10 Å². The first-order valence-corrected chi connectivity index (χ1v) is 10.9. The van der Waals surface area contributed by atoms with Gasteiger partial charge in [0, 0.05) is 35.6 Å². The highest BCUT2D eigenvalue weighted by molar-refractivity contribution is 7.80. The van der Waals surface area contributed by atoms with Gasteiger partial charge in [-0.3, -0.25) is 19.2 Å². The number of aryl methyl sites for hydroxylation is 1. The van der Waals surface area contributed by atoms with Crippen molar-refractivity contribution in [1.29, 1.82) is 0 Å². The van der Waals surface area contributed by atoms with Crippen LogP contribution in [0.3, 0.4) is 0 Å². The summed E-state index contributed by atoms with van der Waals surface area (Å²) in [6.45, 7) is 2.34. The third-order valence-electron chi connectivity index (χ3n) is 5.52. The zero-order chi connectivity index (χ0) is 22.8. The SMILES string of the molecule is Cc1c(CN2C(=S)N(c3ccccc3)C(=O)[C@@H]2CC(=O)Nc2ccc(Cl)cc2)cnn1C. The van der Waals surface area contributed by atoms with Gasteiger partial charge in [-0.15, -0.1) is 0 Å². The summed E-state index contributed by atoms with van der Waals surface area (Å²) >= 11 is 11.6. The molecular formula is C23H22ClN5O2S. The molecule has 1 N–H and O–H groups in total. The lowest BCUT2D eigenvalue weighted by molar-refractivity contribution is -0.124. The number of benzene rings is 2. The molecule has 0 unspecified atom stereocenters. The van der Waals surface area contributed by atoms with Crippen molar-refractivity contribution in [3.8, 4) is 0 Å². The molecule has 2 aromatic carbocycles. The monoisotopic (exact) mass is 467 g/mol. The quantitative estimate of drug-likeness (QED) is 0.556. The standard InChI is InChI=1S/C23H22ClN5O2S/c1-15-16(13-25-27(15)2)14-28-20(12-21(30)26-18-10-8-17(24)9-11-18)22(31)29(23(28)32)19-6-4-3-5-7-19/h3-11,13,20H,12,14H2,1-2H3,(H,26,30)/t20-/m0/s1. The van der Waals surface area contributed by atoms with Gasteiger partial charge in [-0.25, -0.2) is 0 Å². The van der Waals surface area contributed by atoms with Crippen LogP contribution in [-0.4, -0.2) is 37.6 Å². The average Bonchev–Trinajstić information content (AvgIpc) is 3.21. The number of hydrogen-bond acceptors (Lipinski definition) is 4. The highest BCUT2D eigenvalue weighted by atomic mass is 35.5. The van der Waals surface area contributed by atoms with Gasteiger partial charge in [0.15, 0.2) is 5.11 Å². The minimum Gasteiger partial charge on any atom is -0.331 e. The fourth-order valence-corrected chi connectivity index (χ4v) is 4.15. The van der Waals surface area contributed by atoms with E-state index in [1.165, 1.54) is 4.90 Å². The Morgan fingerprint density at radius 2 is 1.84 bits per heavy atom. The highest BCUT2D eigenvalue weighted by Crippen LogP contribution is 2.29. The maximum atomic E-state index is 13.4. The average molecular weight is 468 g/mol. The van der Waals surface area contributed by atoms with Gasteiger partial charge in [0.05, 0.1) is 18.3 Å². The zero-order valence-electron chi connectivity index (χ0n) is 17.7. The number of carbonyl (C=O) groups is 2. The van der Waals surface area contributed by atoms with E-state index < -0.39 is 6.04 Å². The molecule has 164 valence electrons. The Bertz CT molecular complexity index is 1160. The van der Waals surface area contributed by atoms with Crippen molar-refractivity contribution in [2.24, 2.45) is 7.05 Å². The number of aromatic nitrogens is 2. The van der Waals surface area contributed by atoms with Crippen molar-refractivity contribution >= 4 is 52.1 Å². The van der Waals surface area contributed by atoms with Crippen molar-refractivity contribution < 1.29 is 9.59 Å². The van der Waals surface area contributed by atoms with Gasteiger partial charge in [-0.05, 0) is 55.5 Å². The van der Waals surface area contributed by atoms with Crippen LogP contribution >= 0.6 is 23.8 Å². The molecule has 1 saturated heterocycles. The number of rotatable bonds is 6. The van der Waals surface area contributed by atoms with Crippen molar-refractivity contribution in [3.05, 3.63) is 77.1 Å². The smallest absolute Gasteiger partial charge is 0.256 e. The topological polar surface area (TPSA) is 70.5 Å². The number of thiocarbonyl (C=S) groups is 1. The molecule has 1 aliphatic rings. The van der Waals surface area contributed by atoms with Gasteiger partial charge < -0.3 is 10.2 Å². The number of anilines is 2. The summed E-state index contributed by atoms with van der Waals surface area (Å²) in [5.41, 5.74) is 3.21. The number of para-hydroxylation sites is 1. The van der Waals surface area contributed by atoms with Crippen molar-refractivity contribution in [3.63, 3.8) is 0 Å². The Kier molecular flexibility index (Phi) is 6.25. The van der Waals surface area contributed by atoms with Crippen LogP contribution in [0.2, 0.25) is 5.02 Å². The molecule has 9 heteroatoms. The van der Waals surface area contributed by atoms with E-state index in [9.17, 15) is 9.59 Å². The lowest BCUT2D eigenvalue weighted by atomic mass is 10.1. The first-order chi connectivity index (χ1) is 15.3. The second-order valence-corrected chi connectivity index (χ2v) is 8.38.